The summed E-state index contributed by atoms with van der Waals surface area (Å²) in [6.07, 6.45) is 8.39. The van der Waals surface area contributed by atoms with E-state index in [4.69, 9.17) is 5.73 Å². The van der Waals surface area contributed by atoms with Gasteiger partial charge in [0.15, 0.2) is 0 Å². The molecule has 2 amide bonds. The maximum atomic E-state index is 12.2. The number of carbonyl (C=O) groups excluding carboxylic acids is 2. The molecule has 0 spiro atoms. The van der Waals surface area contributed by atoms with Crippen LogP contribution in [0.4, 0.5) is 0 Å². The Morgan fingerprint density at radius 1 is 1.17 bits per heavy atom. The van der Waals surface area contributed by atoms with Crippen molar-refractivity contribution in [1.82, 2.24) is 20.1 Å². The molecular weight excluding hydrogens is 366 g/mol. The quantitative estimate of drug-likeness (QED) is 0.606. The highest BCUT2D eigenvalue weighted by Gasteiger charge is 2.25. The van der Waals surface area contributed by atoms with Gasteiger partial charge < -0.3 is 11.1 Å². The number of carbonyl (C=O) groups is 2. The zero-order valence-corrected chi connectivity index (χ0v) is 16.4. The number of nitrogens with zero attached hydrogens (tertiary/aromatic N) is 3. The predicted octanol–water partition coefficient (Wildman–Crippen LogP) is 2.58. The molecule has 0 bridgehead atoms. The summed E-state index contributed by atoms with van der Waals surface area (Å²) >= 11 is 0. The standard InChI is InChI=1S/C22H23N5O2/c1-22(2,21(23)29)15-25-19(28)11-10-17-14-27(18-8-4-3-5-9-18)26-20(17)16-7-6-12-24-13-16/h3-14H,15H2,1-2H3,(H2,23,29)(H,25,28)/b11-10+. The van der Waals surface area contributed by atoms with E-state index in [1.54, 1.807) is 37.0 Å². The number of aromatic nitrogens is 3. The Balaban J connectivity index is 1.86. The van der Waals surface area contributed by atoms with Gasteiger partial charge in [0.25, 0.3) is 0 Å². The molecule has 0 unspecified atom stereocenters. The Kier molecular flexibility index (Phi) is 5.87. The minimum absolute atomic E-state index is 0.157. The van der Waals surface area contributed by atoms with Gasteiger partial charge in [-0.25, -0.2) is 4.68 Å². The van der Waals surface area contributed by atoms with Crippen LogP contribution in [0.15, 0.2) is 67.1 Å². The first-order valence-electron chi connectivity index (χ1n) is 9.18. The number of hydrogen-bond donors (Lipinski definition) is 2. The van der Waals surface area contributed by atoms with E-state index in [1.165, 1.54) is 6.08 Å². The Labute approximate surface area is 169 Å². The van der Waals surface area contributed by atoms with Gasteiger partial charge >= 0.3 is 0 Å². The van der Waals surface area contributed by atoms with Crippen molar-refractivity contribution in [3.63, 3.8) is 0 Å². The zero-order valence-electron chi connectivity index (χ0n) is 16.4. The fourth-order valence-electron chi connectivity index (χ4n) is 2.57. The molecule has 0 fully saturated rings. The van der Waals surface area contributed by atoms with Crippen molar-refractivity contribution in [2.45, 2.75) is 13.8 Å². The van der Waals surface area contributed by atoms with E-state index in [-0.39, 0.29) is 12.5 Å². The average molecular weight is 389 g/mol. The van der Waals surface area contributed by atoms with Crippen molar-refractivity contribution in [3.8, 4) is 16.9 Å². The van der Waals surface area contributed by atoms with Crippen molar-refractivity contribution < 1.29 is 9.59 Å². The molecule has 2 heterocycles. The molecule has 0 saturated carbocycles. The third-order valence-corrected chi connectivity index (χ3v) is 4.48. The number of nitrogens with one attached hydrogen (secondary N) is 1. The molecule has 7 nitrogen and oxygen atoms in total. The fourth-order valence-corrected chi connectivity index (χ4v) is 2.57. The fraction of sp³-hybridized carbons (Fsp3) is 0.182. The molecule has 0 saturated heterocycles. The molecular formula is C22H23N5O2. The van der Waals surface area contributed by atoms with E-state index in [1.807, 2.05) is 48.7 Å². The van der Waals surface area contributed by atoms with Gasteiger partial charge in [0, 0.05) is 42.3 Å². The Morgan fingerprint density at radius 3 is 2.59 bits per heavy atom. The second-order valence-corrected chi connectivity index (χ2v) is 7.25. The molecule has 3 aromatic rings. The number of nitrogens with two attached hydrogens (primary N) is 1. The van der Waals surface area contributed by atoms with Gasteiger partial charge in [0.2, 0.25) is 11.8 Å². The van der Waals surface area contributed by atoms with Crippen LogP contribution in [0, 0.1) is 5.41 Å². The lowest BCUT2D eigenvalue weighted by Crippen LogP contribution is -2.41. The molecule has 148 valence electrons. The van der Waals surface area contributed by atoms with E-state index in [2.05, 4.69) is 15.4 Å². The maximum absolute atomic E-state index is 12.2. The van der Waals surface area contributed by atoms with Crippen LogP contribution < -0.4 is 11.1 Å². The largest absolute Gasteiger partial charge is 0.369 e. The van der Waals surface area contributed by atoms with Crippen LogP contribution in [-0.4, -0.2) is 33.1 Å². The van der Waals surface area contributed by atoms with Gasteiger partial charge in [0.1, 0.15) is 5.69 Å². The monoisotopic (exact) mass is 389 g/mol. The molecule has 0 atom stereocenters. The van der Waals surface area contributed by atoms with Crippen molar-refractivity contribution in [2.24, 2.45) is 11.1 Å². The molecule has 0 aliphatic heterocycles. The van der Waals surface area contributed by atoms with Crippen molar-refractivity contribution in [2.75, 3.05) is 6.54 Å². The smallest absolute Gasteiger partial charge is 0.244 e. The minimum Gasteiger partial charge on any atom is -0.369 e. The number of para-hydroxylation sites is 1. The molecule has 1 aromatic carbocycles. The normalized spacial score (nSPS) is 11.5. The van der Waals surface area contributed by atoms with Gasteiger partial charge in [0.05, 0.1) is 11.1 Å². The summed E-state index contributed by atoms with van der Waals surface area (Å²) in [6, 6.07) is 13.5. The second kappa shape index (κ2) is 8.52. The van der Waals surface area contributed by atoms with Gasteiger partial charge in [-0.3, -0.25) is 14.6 Å². The number of primary amides is 1. The summed E-state index contributed by atoms with van der Waals surface area (Å²) in [7, 11) is 0. The average Bonchev–Trinajstić information content (AvgIpc) is 3.16. The van der Waals surface area contributed by atoms with E-state index in [9.17, 15) is 9.59 Å². The molecule has 0 radical (unpaired) electrons. The van der Waals surface area contributed by atoms with Crippen molar-refractivity contribution in [3.05, 3.63) is 72.7 Å². The lowest BCUT2D eigenvalue weighted by Gasteiger charge is -2.19. The number of pyridine rings is 1. The SMILES string of the molecule is CC(C)(CNC(=O)/C=C/c1cn(-c2ccccc2)nc1-c1cccnc1)C(N)=O. The maximum Gasteiger partial charge on any atom is 0.244 e. The molecule has 0 aliphatic rings. The molecule has 7 heteroatoms. The Bertz CT molecular complexity index is 1020. The number of hydrogen-bond acceptors (Lipinski definition) is 4. The van der Waals surface area contributed by atoms with Crippen LogP contribution in [0.25, 0.3) is 23.0 Å². The second-order valence-electron chi connectivity index (χ2n) is 7.25. The number of amides is 2. The minimum atomic E-state index is -0.817. The van der Waals surface area contributed by atoms with Crippen LogP contribution in [0.1, 0.15) is 19.4 Å². The molecule has 3 N–H and O–H groups in total. The summed E-state index contributed by atoms with van der Waals surface area (Å²) < 4.78 is 1.76. The summed E-state index contributed by atoms with van der Waals surface area (Å²) in [5, 5.41) is 7.38. The van der Waals surface area contributed by atoms with Crippen LogP contribution in [-0.2, 0) is 9.59 Å². The van der Waals surface area contributed by atoms with Crippen LogP contribution in [0.3, 0.4) is 0 Å². The van der Waals surface area contributed by atoms with Gasteiger partial charge in [-0.1, -0.05) is 18.2 Å². The van der Waals surface area contributed by atoms with Gasteiger partial charge in [-0.15, -0.1) is 0 Å². The van der Waals surface area contributed by atoms with Crippen molar-refractivity contribution in [1.29, 1.82) is 0 Å². The molecule has 0 aliphatic carbocycles. The van der Waals surface area contributed by atoms with E-state index in [0.717, 1.165) is 16.8 Å². The summed E-state index contributed by atoms with van der Waals surface area (Å²) in [5.41, 5.74) is 7.75. The van der Waals surface area contributed by atoms with Crippen molar-refractivity contribution >= 4 is 17.9 Å². The predicted molar refractivity (Wildman–Crippen MR) is 112 cm³/mol. The highest BCUT2D eigenvalue weighted by atomic mass is 16.2. The first-order valence-corrected chi connectivity index (χ1v) is 9.18. The van der Waals surface area contributed by atoms with E-state index < -0.39 is 11.3 Å². The topological polar surface area (TPSA) is 103 Å². The third kappa shape index (κ3) is 4.95. The summed E-state index contributed by atoms with van der Waals surface area (Å²) in [4.78, 5) is 27.8. The lowest BCUT2D eigenvalue weighted by atomic mass is 9.93. The molecule has 3 rings (SSSR count). The van der Waals surface area contributed by atoms with Crippen LogP contribution >= 0.6 is 0 Å². The number of benzene rings is 1. The number of rotatable bonds is 7. The van der Waals surface area contributed by atoms with Crippen LogP contribution in [0.2, 0.25) is 0 Å². The Hall–Kier alpha value is -3.74. The summed E-state index contributed by atoms with van der Waals surface area (Å²) in [5.74, 6) is -0.784. The summed E-state index contributed by atoms with van der Waals surface area (Å²) in [6.45, 7) is 3.53. The lowest BCUT2D eigenvalue weighted by molar-refractivity contribution is -0.126. The van der Waals surface area contributed by atoms with Gasteiger partial charge in [-0.05, 0) is 44.2 Å². The zero-order chi connectivity index (χ0) is 20.9. The van der Waals surface area contributed by atoms with Gasteiger partial charge in [-0.2, -0.15) is 5.10 Å². The molecule has 2 aromatic heterocycles. The first kappa shape index (κ1) is 20.0. The molecule has 29 heavy (non-hydrogen) atoms. The van der Waals surface area contributed by atoms with E-state index in [0.29, 0.717) is 5.69 Å². The first-order chi connectivity index (χ1) is 13.9. The van der Waals surface area contributed by atoms with E-state index >= 15 is 0 Å². The highest BCUT2D eigenvalue weighted by Crippen LogP contribution is 2.24. The van der Waals surface area contributed by atoms with Crippen LogP contribution in [0.5, 0.6) is 0 Å². The third-order valence-electron chi connectivity index (χ3n) is 4.48. The highest BCUT2D eigenvalue weighted by molar-refractivity contribution is 5.93. The Morgan fingerprint density at radius 2 is 1.93 bits per heavy atom.